The number of aromatic nitrogens is 1. The first-order valence-corrected chi connectivity index (χ1v) is 11.2. The molecular formula is C22H21BrN6O3. The molecule has 0 aliphatic carbocycles. The molecule has 2 unspecified atom stereocenters. The third-order valence-corrected chi connectivity index (χ3v) is 6.33. The number of anilines is 1. The normalized spacial score (nSPS) is 21.0. The number of hydrazine groups is 1. The van der Waals surface area contributed by atoms with Crippen LogP contribution in [-0.4, -0.2) is 48.0 Å². The first-order valence-electron chi connectivity index (χ1n) is 10.4. The Kier molecular flexibility index (Phi) is 5.70. The summed E-state index contributed by atoms with van der Waals surface area (Å²) in [5, 5.41) is 9.47. The van der Waals surface area contributed by atoms with Crippen molar-refractivity contribution in [3.63, 3.8) is 0 Å². The average molecular weight is 497 g/mol. The van der Waals surface area contributed by atoms with Crippen LogP contribution in [0.2, 0.25) is 0 Å². The Hall–Kier alpha value is -3.13. The van der Waals surface area contributed by atoms with Crippen molar-refractivity contribution in [2.45, 2.75) is 18.5 Å². The predicted octanol–water partition coefficient (Wildman–Crippen LogP) is 2.83. The van der Waals surface area contributed by atoms with E-state index in [0.717, 1.165) is 10.0 Å². The van der Waals surface area contributed by atoms with Gasteiger partial charge in [0.1, 0.15) is 12.1 Å². The Labute approximate surface area is 193 Å². The first kappa shape index (κ1) is 20.8. The highest BCUT2D eigenvalue weighted by atomic mass is 79.9. The standard InChI is InChI=1S/C22H21BrN6O3/c23-15-5-3-14(4-6-15)16-12-17(27-26-16)21(30)28-7-9-29(10-8-28)22-18(13-24)25-20(32-22)19-2-1-11-31-19/h1-6,11,16-17,26-27H,7-10,12H2. The van der Waals surface area contributed by atoms with Crippen LogP contribution in [0.5, 0.6) is 0 Å². The lowest BCUT2D eigenvalue weighted by molar-refractivity contribution is -0.133. The summed E-state index contributed by atoms with van der Waals surface area (Å²) in [4.78, 5) is 21.1. The Bertz CT molecular complexity index is 1130. The molecular weight excluding hydrogens is 476 g/mol. The first-order chi connectivity index (χ1) is 15.6. The summed E-state index contributed by atoms with van der Waals surface area (Å²) in [7, 11) is 0. The molecule has 2 fully saturated rings. The van der Waals surface area contributed by atoms with Crippen molar-refractivity contribution in [3.8, 4) is 17.7 Å². The van der Waals surface area contributed by atoms with Crippen LogP contribution in [0.25, 0.3) is 11.7 Å². The van der Waals surface area contributed by atoms with Gasteiger partial charge in [-0.25, -0.2) is 10.9 Å². The second-order valence-electron chi connectivity index (χ2n) is 7.76. The van der Waals surface area contributed by atoms with Crippen LogP contribution in [0.15, 0.2) is 56.0 Å². The van der Waals surface area contributed by atoms with E-state index in [2.05, 4.69) is 50.0 Å². The highest BCUT2D eigenvalue weighted by Crippen LogP contribution is 2.30. The van der Waals surface area contributed by atoms with Gasteiger partial charge in [-0.2, -0.15) is 10.2 Å². The van der Waals surface area contributed by atoms with E-state index in [9.17, 15) is 10.1 Å². The number of rotatable bonds is 4. The van der Waals surface area contributed by atoms with Gasteiger partial charge in [0.05, 0.1) is 6.26 Å². The lowest BCUT2D eigenvalue weighted by Crippen LogP contribution is -2.53. The molecule has 2 N–H and O–H groups in total. The van der Waals surface area contributed by atoms with Gasteiger partial charge in [0.15, 0.2) is 5.76 Å². The van der Waals surface area contributed by atoms with Crippen molar-refractivity contribution in [1.29, 1.82) is 5.26 Å². The molecule has 10 heteroatoms. The molecule has 2 aliphatic rings. The van der Waals surface area contributed by atoms with E-state index in [-0.39, 0.29) is 29.6 Å². The number of oxazole rings is 1. The second kappa shape index (κ2) is 8.78. The lowest BCUT2D eigenvalue weighted by atomic mass is 10.0. The lowest BCUT2D eigenvalue weighted by Gasteiger charge is -2.35. The maximum atomic E-state index is 13.1. The minimum atomic E-state index is -0.277. The highest BCUT2D eigenvalue weighted by Gasteiger charge is 2.35. The van der Waals surface area contributed by atoms with Crippen molar-refractivity contribution in [1.82, 2.24) is 20.7 Å². The van der Waals surface area contributed by atoms with Crippen molar-refractivity contribution in [3.05, 3.63) is 58.4 Å². The molecule has 164 valence electrons. The van der Waals surface area contributed by atoms with Crippen LogP contribution in [0, 0.1) is 11.3 Å². The van der Waals surface area contributed by atoms with Crippen LogP contribution in [0.1, 0.15) is 23.7 Å². The summed E-state index contributed by atoms with van der Waals surface area (Å²) in [6, 6.07) is 13.5. The number of amides is 1. The molecule has 0 saturated carbocycles. The van der Waals surface area contributed by atoms with Gasteiger partial charge >= 0.3 is 0 Å². The molecule has 2 saturated heterocycles. The van der Waals surface area contributed by atoms with Crippen molar-refractivity contribution in [2.75, 3.05) is 31.1 Å². The van der Waals surface area contributed by atoms with E-state index < -0.39 is 0 Å². The minimum absolute atomic E-state index is 0.0751. The fourth-order valence-electron chi connectivity index (χ4n) is 4.09. The predicted molar refractivity (Wildman–Crippen MR) is 119 cm³/mol. The number of furan rings is 1. The van der Waals surface area contributed by atoms with Crippen LogP contribution in [0.3, 0.4) is 0 Å². The molecule has 0 spiro atoms. The Morgan fingerprint density at radius 3 is 2.62 bits per heavy atom. The molecule has 3 aromatic rings. The summed E-state index contributed by atoms with van der Waals surface area (Å²) < 4.78 is 12.2. The molecule has 1 amide bonds. The number of nitrogens with one attached hydrogen (secondary N) is 2. The number of carbonyl (C=O) groups excluding carboxylic acids is 1. The van der Waals surface area contributed by atoms with Gasteiger partial charge in [0.25, 0.3) is 5.89 Å². The van der Waals surface area contributed by atoms with Crippen LogP contribution < -0.4 is 15.8 Å². The molecule has 32 heavy (non-hydrogen) atoms. The number of hydrogen-bond acceptors (Lipinski definition) is 8. The summed E-state index contributed by atoms with van der Waals surface area (Å²) in [6.07, 6.45) is 2.22. The number of benzene rings is 1. The Morgan fingerprint density at radius 1 is 1.16 bits per heavy atom. The zero-order chi connectivity index (χ0) is 22.1. The van der Waals surface area contributed by atoms with E-state index >= 15 is 0 Å². The van der Waals surface area contributed by atoms with E-state index in [1.807, 2.05) is 21.9 Å². The molecule has 5 rings (SSSR count). The maximum Gasteiger partial charge on any atom is 0.266 e. The summed E-state index contributed by atoms with van der Waals surface area (Å²) in [5.41, 5.74) is 7.74. The quantitative estimate of drug-likeness (QED) is 0.567. The Balaban J connectivity index is 1.20. The van der Waals surface area contributed by atoms with Gasteiger partial charge in [-0.05, 0) is 36.2 Å². The Morgan fingerprint density at radius 2 is 1.94 bits per heavy atom. The molecule has 2 aliphatic heterocycles. The van der Waals surface area contributed by atoms with Crippen LogP contribution in [0.4, 0.5) is 5.88 Å². The number of nitrogens with zero attached hydrogens (tertiary/aromatic N) is 4. The summed E-state index contributed by atoms with van der Waals surface area (Å²) in [6.45, 7) is 2.20. The summed E-state index contributed by atoms with van der Waals surface area (Å²) in [5.74, 6) is 1.25. The molecule has 4 heterocycles. The number of carbonyl (C=O) groups is 1. The zero-order valence-corrected chi connectivity index (χ0v) is 18.7. The average Bonchev–Trinajstić information content (AvgIpc) is 3.59. The molecule has 2 aromatic heterocycles. The molecule has 0 bridgehead atoms. The van der Waals surface area contributed by atoms with Crippen molar-refractivity contribution < 1.29 is 13.6 Å². The van der Waals surface area contributed by atoms with Gasteiger partial charge in [0.2, 0.25) is 17.5 Å². The second-order valence-corrected chi connectivity index (χ2v) is 8.67. The fourth-order valence-corrected chi connectivity index (χ4v) is 4.35. The number of nitriles is 1. The smallest absolute Gasteiger partial charge is 0.266 e. The SMILES string of the molecule is N#Cc1nc(-c2ccco2)oc1N1CCN(C(=O)C2CC(c3ccc(Br)cc3)NN2)CC1. The van der Waals surface area contributed by atoms with E-state index in [4.69, 9.17) is 8.83 Å². The molecule has 2 atom stereocenters. The number of halogens is 1. The van der Waals surface area contributed by atoms with Crippen molar-refractivity contribution in [2.24, 2.45) is 0 Å². The van der Waals surface area contributed by atoms with Crippen molar-refractivity contribution >= 4 is 27.7 Å². The third kappa shape index (κ3) is 4.02. The van der Waals surface area contributed by atoms with E-state index in [1.165, 1.54) is 6.26 Å². The zero-order valence-electron chi connectivity index (χ0n) is 17.1. The fraction of sp³-hybridized carbons (Fsp3) is 0.318. The monoisotopic (exact) mass is 496 g/mol. The van der Waals surface area contributed by atoms with E-state index in [0.29, 0.717) is 44.2 Å². The topological polar surface area (TPSA) is 111 Å². The molecule has 9 nitrogen and oxygen atoms in total. The minimum Gasteiger partial charge on any atom is -0.459 e. The molecule has 0 radical (unpaired) electrons. The number of piperazine rings is 1. The van der Waals surface area contributed by atoms with Gasteiger partial charge in [0, 0.05) is 36.7 Å². The summed E-state index contributed by atoms with van der Waals surface area (Å²) >= 11 is 3.45. The van der Waals surface area contributed by atoms with Gasteiger partial charge in [-0.15, -0.1) is 0 Å². The highest BCUT2D eigenvalue weighted by molar-refractivity contribution is 9.10. The van der Waals surface area contributed by atoms with Gasteiger partial charge in [-0.1, -0.05) is 28.1 Å². The van der Waals surface area contributed by atoms with Gasteiger partial charge in [-0.3, -0.25) is 4.79 Å². The number of hydrogen-bond donors (Lipinski definition) is 2. The third-order valence-electron chi connectivity index (χ3n) is 5.80. The largest absolute Gasteiger partial charge is 0.459 e. The van der Waals surface area contributed by atoms with Crippen LogP contribution in [-0.2, 0) is 4.79 Å². The van der Waals surface area contributed by atoms with E-state index in [1.54, 1.807) is 12.1 Å². The van der Waals surface area contributed by atoms with Gasteiger partial charge < -0.3 is 18.6 Å². The molecule has 1 aromatic carbocycles. The van der Waals surface area contributed by atoms with Crippen LogP contribution >= 0.6 is 15.9 Å². The maximum absolute atomic E-state index is 13.1.